The zero-order valence-corrected chi connectivity index (χ0v) is 10.5. The Morgan fingerprint density at radius 1 is 1.42 bits per heavy atom. The molecule has 0 aliphatic carbocycles. The normalized spacial score (nSPS) is 11.0. The number of anilines is 2. The monoisotopic (exact) mass is 258 g/mol. The lowest BCUT2D eigenvalue weighted by Gasteiger charge is -2.03. The van der Waals surface area contributed by atoms with Crippen molar-refractivity contribution in [2.75, 3.05) is 19.0 Å². The summed E-state index contributed by atoms with van der Waals surface area (Å²) in [4.78, 5) is 4.31. The first kappa shape index (κ1) is 11.7. The van der Waals surface area contributed by atoms with Gasteiger partial charge in [-0.3, -0.25) is 4.68 Å². The van der Waals surface area contributed by atoms with Crippen LogP contribution in [0.4, 0.5) is 11.5 Å². The van der Waals surface area contributed by atoms with Gasteiger partial charge >= 0.3 is 0 Å². The molecule has 6 heteroatoms. The van der Waals surface area contributed by atoms with Crippen molar-refractivity contribution < 1.29 is 9.15 Å². The van der Waals surface area contributed by atoms with Crippen molar-refractivity contribution in [3.63, 3.8) is 0 Å². The summed E-state index contributed by atoms with van der Waals surface area (Å²) in [5, 5.41) is 8.43. The molecule has 0 aromatic carbocycles. The predicted molar refractivity (Wildman–Crippen MR) is 71.4 cm³/mol. The number of pyridine rings is 1. The lowest BCUT2D eigenvalue weighted by Crippen LogP contribution is -2.03. The number of aromatic nitrogens is 3. The van der Waals surface area contributed by atoms with E-state index in [0.717, 1.165) is 29.0 Å². The molecule has 3 rings (SSSR count). The van der Waals surface area contributed by atoms with Crippen molar-refractivity contribution in [1.82, 2.24) is 14.8 Å². The Labute approximate surface area is 110 Å². The first-order valence-electron chi connectivity index (χ1n) is 5.97. The molecule has 19 heavy (non-hydrogen) atoms. The summed E-state index contributed by atoms with van der Waals surface area (Å²) < 4.78 is 12.2. The molecule has 0 amide bonds. The van der Waals surface area contributed by atoms with Crippen molar-refractivity contribution >= 4 is 22.5 Å². The molecule has 6 nitrogen and oxygen atoms in total. The first-order valence-corrected chi connectivity index (χ1v) is 5.97. The Balaban J connectivity index is 1.81. The average molecular weight is 258 g/mol. The van der Waals surface area contributed by atoms with Gasteiger partial charge in [-0.05, 0) is 12.1 Å². The topological polar surface area (TPSA) is 65.1 Å². The molecule has 0 aliphatic heterocycles. The van der Waals surface area contributed by atoms with Gasteiger partial charge in [0.25, 0.3) is 0 Å². The van der Waals surface area contributed by atoms with Gasteiger partial charge in [0, 0.05) is 19.5 Å². The molecule has 3 aromatic rings. The van der Waals surface area contributed by atoms with Crippen molar-refractivity contribution in [2.24, 2.45) is 0 Å². The maximum absolute atomic E-state index is 5.34. The lowest BCUT2D eigenvalue weighted by molar-refractivity contribution is 0.183. The number of furan rings is 1. The van der Waals surface area contributed by atoms with Gasteiger partial charge in [0.05, 0.1) is 36.7 Å². The van der Waals surface area contributed by atoms with Crippen LogP contribution in [0.3, 0.4) is 0 Å². The molecule has 0 bridgehead atoms. The van der Waals surface area contributed by atoms with Gasteiger partial charge in [-0.1, -0.05) is 0 Å². The molecule has 0 atom stereocenters. The third-order valence-corrected chi connectivity index (χ3v) is 2.80. The minimum atomic E-state index is 0.636. The molecule has 0 spiro atoms. The molecule has 0 unspecified atom stereocenters. The van der Waals surface area contributed by atoms with E-state index in [0.29, 0.717) is 6.61 Å². The second-order valence-electron chi connectivity index (χ2n) is 4.10. The van der Waals surface area contributed by atoms with Gasteiger partial charge in [0.15, 0.2) is 0 Å². The number of ether oxygens (including phenoxy) is 1. The number of hydrogen-bond donors (Lipinski definition) is 1. The zero-order valence-electron chi connectivity index (χ0n) is 10.5. The van der Waals surface area contributed by atoms with Gasteiger partial charge in [-0.2, -0.15) is 5.10 Å². The van der Waals surface area contributed by atoms with E-state index in [1.54, 1.807) is 25.8 Å². The molecular weight excluding hydrogens is 244 g/mol. The second kappa shape index (κ2) is 5.11. The van der Waals surface area contributed by atoms with E-state index in [9.17, 15) is 0 Å². The number of fused-ring (bicyclic) bond motifs is 1. The summed E-state index contributed by atoms with van der Waals surface area (Å²) in [6.45, 7) is 1.36. The number of rotatable bonds is 5. The Morgan fingerprint density at radius 2 is 2.37 bits per heavy atom. The molecule has 3 aromatic heterocycles. The minimum Gasteiger partial charge on any atom is -0.464 e. The van der Waals surface area contributed by atoms with Gasteiger partial charge in [-0.25, -0.2) is 4.98 Å². The van der Waals surface area contributed by atoms with Crippen molar-refractivity contribution in [1.29, 1.82) is 0 Å². The Morgan fingerprint density at radius 3 is 3.26 bits per heavy atom. The highest BCUT2D eigenvalue weighted by Gasteiger charge is 2.06. The Hall–Kier alpha value is -2.34. The number of nitrogens with zero attached hydrogens (tertiary/aromatic N) is 3. The third kappa shape index (κ3) is 2.43. The molecule has 0 saturated heterocycles. The van der Waals surface area contributed by atoms with E-state index in [1.165, 1.54) is 0 Å². The SMILES string of the molecule is COCCn1cc(Nc2nccc3occc23)cn1. The second-order valence-corrected chi connectivity index (χ2v) is 4.10. The summed E-state index contributed by atoms with van der Waals surface area (Å²) in [5.74, 6) is 0.762. The molecule has 98 valence electrons. The van der Waals surface area contributed by atoms with Crippen molar-refractivity contribution in [3.05, 3.63) is 37.0 Å². The summed E-state index contributed by atoms with van der Waals surface area (Å²) in [6.07, 6.45) is 7.04. The molecule has 0 radical (unpaired) electrons. The maximum Gasteiger partial charge on any atom is 0.141 e. The number of nitrogens with one attached hydrogen (secondary N) is 1. The van der Waals surface area contributed by atoms with Crippen molar-refractivity contribution in [2.45, 2.75) is 6.54 Å². The summed E-state index contributed by atoms with van der Waals surface area (Å²) in [7, 11) is 1.67. The van der Waals surface area contributed by atoms with Crippen LogP contribution >= 0.6 is 0 Å². The van der Waals surface area contributed by atoms with Gasteiger partial charge in [0.2, 0.25) is 0 Å². The first-order chi connectivity index (χ1) is 9.36. The smallest absolute Gasteiger partial charge is 0.141 e. The maximum atomic E-state index is 5.34. The molecule has 1 N–H and O–H groups in total. The lowest BCUT2D eigenvalue weighted by atomic mass is 10.3. The Kier molecular flexibility index (Phi) is 3.16. The molecule has 0 saturated carbocycles. The van der Waals surface area contributed by atoms with Crippen LogP contribution in [0.25, 0.3) is 11.0 Å². The van der Waals surface area contributed by atoms with Gasteiger partial charge < -0.3 is 14.5 Å². The van der Waals surface area contributed by atoms with E-state index in [-0.39, 0.29) is 0 Å². The Bertz CT molecular complexity index is 674. The fourth-order valence-electron chi connectivity index (χ4n) is 1.87. The van der Waals surface area contributed by atoms with Crippen LogP contribution < -0.4 is 5.32 Å². The summed E-state index contributed by atoms with van der Waals surface area (Å²) >= 11 is 0. The van der Waals surface area contributed by atoms with E-state index < -0.39 is 0 Å². The largest absolute Gasteiger partial charge is 0.464 e. The number of hydrogen-bond acceptors (Lipinski definition) is 5. The molecule has 0 aliphatic rings. The average Bonchev–Trinajstić information content (AvgIpc) is 3.05. The molecule has 3 heterocycles. The minimum absolute atomic E-state index is 0.636. The van der Waals surface area contributed by atoms with E-state index in [4.69, 9.17) is 9.15 Å². The van der Waals surface area contributed by atoms with Crippen LogP contribution in [-0.2, 0) is 11.3 Å². The quantitative estimate of drug-likeness (QED) is 0.761. The highest BCUT2D eigenvalue weighted by atomic mass is 16.5. The summed E-state index contributed by atoms with van der Waals surface area (Å²) in [6, 6.07) is 3.72. The standard InChI is InChI=1S/C13H14N4O2/c1-18-7-5-17-9-10(8-15-17)16-13-11-3-6-19-12(11)2-4-14-13/h2-4,6,8-9H,5,7H2,1H3,(H,14,16). The van der Waals surface area contributed by atoms with Crippen LogP contribution in [0.5, 0.6) is 0 Å². The fraction of sp³-hybridized carbons (Fsp3) is 0.231. The highest BCUT2D eigenvalue weighted by molar-refractivity contribution is 5.89. The third-order valence-electron chi connectivity index (χ3n) is 2.80. The fourth-order valence-corrected chi connectivity index (χ4v) is 1.87. The van der Waals surface area contributed by atoms with E-state index in [1.807, 2.05) is 23.0 Å². The number of methoxy groups -OCH3 is 1. The van der Waals surface area contributed by atoms with Crippen LogP contribution in [0.2, 0.25) is 0 Å². The molecule has 0 fully saturated rings. The highest BCUT2D eigenvalue weighted by Crippen LogP contribution is 2.24. The van der Waals surface area contributed by atoms with Crippen molar-refractivity contribution in [3.8, 4) is 0 Å². The van der Waals surface area contributed by atoms with Crippen LogP contribution in [-0.4, -0.2) is 28.5 Å². The van der Waals surface area contributed by atoms with Crippen LogP contribution in [0.15, 0.2) is 41.4 Å². The van der Waals surface area contributed by atoms with E-state index in [2.05, 4.69) is 15.4 Å². The van der Waals surface area contributed by atoms with Crippen LogP contribution in [0.1, 0.15) is 0 Å². The zero-order chi connectivity index (χ0) is 13.1. The van der Waals surface area contributed by atoms with Gasteiger partial charge in [0.1, 0.15) is 11.4 Å². The van der Waals surface area contributed by atoms with Crippen LogP contribution in [0, 0.1) is 0 Å². The van der Waals surface area contributed by atoms with E-state index >= 15 is 0 Å². The van der Waals surface area contributed by atoms with Gasteiger partial charge in [-0.15, -0.1) is 0 Å². The summed E-state index contributed by atoms with van der Waals surface area (Å²) in [5.41, 5.74) is 1.70. The molecular formula is C13H14N4O2. The predicted octanol–water partition coefficient (Wildman–Crippen LogP) is 2.41.